The minimum absolute atomic E-state index is 0.0554. The first kappa shape index (κ1) is 14.8. The van der Waals surface area contributed by atoms with Gasteiger partial charge in [0.2, 0.25) is 5.91 Å². The van der Waals surface area contributed by atoms with E-state index in [2.05, 4.69) is 10.6 Å². The largest absolute Gasteiger partial charge is 0.379 e. The van der Waals surface area contributed by atoms with Gasteiger partial charge in [0, 0.05) is 13.1 Å². The van der Waals surface area contributed by atoms with Gasteiger partial charge in [-0.05, 0) is 14.1 Å². The molecule has 16 heavy (non-hydrogen) atoms. The third-order valence-corrected chi connectivity index (χ3v) is 1.76. The molecule has 1 amide bonds. The normalized spacial score (nSPS) is 10.1. The Morgan fingerprint density at radius 1 is 1.44 bits per heavy atom. The number of hydrogen-bond acceptors (Lipinski definition) is 5. The highest BCUT2D eigenvalue weighted by Crippen LogP contribution is 1.77. The fourth-order valence-corrected chi connectivity index (χ4v) is 0.896. The molecule has 0 heterocycles. The summed E-state index contributed by atoms with van der Waals surface area (Å²) in [6.07, 6.45) is 0. The van der Waals surface area contributed by atoms with E-state index in [1.54, 1.807) is 0 Å². The maximum absolute atomic E-state index is 11.0. The molecule has 0 rings (SSSR count). The Kier molecular flexibility index (Phi) is 9.61. The SMILES string of the molecule is CN(C)CCOCCNCC(=O)NCC#N. The van der Waals surface area contributed by atoms with Crippen LogP contribution < -0.4 is 10.6 Å². The molecule has 0 spiro atoms. The average Bonchev–Trinajstić information content (AvgIpc) is 2.24. The van der Waals surface area contributed by atoms with Crippen molar-refractivity contribution >= 4 is 5.91 Å². The summed E-state index contributed by atoms with van der Waals surface area (Å²) in [6, 6.07) is 1.84. The second-order valence-corrected chi connectivity index (χ2v) is 3.53. The second kappa shape index (κ2) is 10.4. The van der Waals surface area contributed by atoms with Gasteiger partial charge in [-0.3, -0.25) is 4.79 Å². The number of nitrogens with zero attached hydrogens (tertiary/aromatic N) is 2. The van der Waals surface area contributed by atoms with Gasteiger partial charge in [0.1, 0.15) is 6.54 Å². The molecule has 0 fully saturated rings. The number of carbonyl (C=O) groups excluding carboxylic acids is 1. The van der Waals surface area contributed by atoms with Gasteiger partial charge in [-0.15, -0.1) is 0 Å². The van der Waals surface area contributed by atoms with Crippen LogP contribution in [0, 0.1) is 11.3 Å². The van der Waals surface area contributed by atoms with Crippen LogP contribution in [0.3, 0.4) is 0 Å². The summed E-state index contributed by atoms with van der Waals surface area (Å²) >= 11 is 0. The number of nitriles is 1. The van der Waals surface area contributed by atoms with Gasteiger partial charge in [-0.1, -0.05) is 0 Å². The molecule has 0 saturated heterocycles. The lowest BCUT2D eigenvalue weighted by Crippen LogP contribution is -2.35. The van der Waals surface area contributed by atoms with E-state index in [0.717, 1.165) is 6.54 Å². The molecule has 0 radical (unpaired) electrons. The van der Waals surface area contributed by atoms with Gasteiger partial charge in [0.25, 0.3) is 0 Å². The Hall–Kier alpha value is -1.16. The van der Waals surface area contributed by atoms with Crippen LogP contribution in [0.5, 0.6) is 0 Å². The third-order valence-electron chi connectivity index (χ3n) is 1.76. The zero-order chi connectivity index (χ0) is 12.2. The average molecular weight is 228 g/mol. The maximum Gasteiger partial charge on any atom is 0.234 e. The van der Waals surface area contributed by atoms with Crippen LogP contribution in [-0.2, 0) is 9.53 Å². The molecule has 0 aromatic heterocycles. The van der Waals surface area contributed by atoms with Crippen molar-refractivity contribution in [2.24, 2.45) is 0 Å². The van der Waals surface area contributed by atoms with Gasteiger partial charge < -0.3 is 20.3 Å². The molecule has 6 nitrogen and oxygen atoms in total. The first-order valence-corrected chi connectivity index (χ1v) is 5.23. The Bertz CT molecular complexity index is 225. The highest BCUT2D eigenvalue weighted by molar-refractivity contribution is 5.78. The zero-order valence-corrected chi connectivity index (χ0v) is 9.95. The molecule has 92 valence electrons. The quantitative estimate of drug-likeness (QED) is 0.383. The van der Waals surface area contributed by atoms with E-state index >= 15 is 0 Å². The Balaban J connectivity index is 3.15. The van der Waals surface area contributed by atoms with E-state index in [9.17, 15) is 4.79 Å². The summed E-state index contributed by atoms with van der Waals surface area (Å²) in [5.41, 5.74) is 0. The monoisotopic (exact) mass is 228 g/mol. The van der Waals surface area contributed by atoms with Crippen molar-refractivity contribution in [3.63, 3.8) is 0 Å². The van der Waals surface area contributed by atoms with Crippen LogP contribution >= 0.6 is 0 Å². The van der Waals surface area contributed by atoms with Crippen molar-refractivity contribution in [3.8, 4) is 6.07 Å². The molecular formula is C10H20N4O2. The lowest BCUT2D eigenvalue weighted by Gasteiger charge is -2.10. The van der Waals surface area contributed by atoms with E-state index < -0.39 is 0 Å². The minimum Gasteiger partial charge on any atom is -0.379 e. The molecule has 2 N–H and O–H groups in total. The molecule has 0 aliphatic heterocycles. The number of hydrogen-bond donors (Lipinski definition) is 2. The molecule has 0 aromatic carbocycles. The number of carbonyl (C=O) groups is 1. The van der Waals surface area contributed by atoms with Gasteiger partial charge in [0.15, 0.2) is 0 Å². The first-order chi connectivity index (χ1) is 7.66. The standard InChI is InChI=1S/C10H20N4O2/c1-14(2)6-8-16-7-5-12-9-10(15)13-4-3-11/h12H,4-9H2,1-2H3,(H,13,15). The van der Waals surface area contributed by atoms with E-state index in [4.69, 9.17) is 10.00 Å². The minimum atomic E-state index is -0.171. The van der Waals surface area contributed by atoms with Crippen LogP contribution in [0.4, 0.5) is 0 Å². The smallest absolute Gasteiger partial charge is 0.234 e. The summed E-state index contributed by atoms with van der Waals surface area (Å²) < 4.78 is 5.32. The number of nitrogens with one attached hydrogen (secondary N) is 2. The second-order valence-electron chi connectivity index (χ2n) is 3.53. The van der Waals surface area contributed by atoms with Crippen molar-refractivity contribution in [3.05, 3.63) is 0 Å². The zero-order valence-electron chi connectivity index (χ0n) is 9.95. The predicted octanol–water partition coefficient (Wildman–Crippen LogP) is -1.21. The first-order valence-electron chi connectivity index (χ1n) is 5.23. The van der Waals surface area contributed by atoms with E-state index in [1.165, 1.54) is 0 Å². The van der Waals surface area contributed by atoms with Crippen molar-refractivity contribution in [1.29, 1.82) is 5.26 Å². The maximum atomic E-state index is 11.0. The molecular weight excluding hydrogens is 208 g/mol. The fraction of sp³-hybridized carbons (Fsp3) is 0.800. The number of amides is 1. The molecule has 0 unspecified atom stereocenters. The Labute approximate surface area is 96.6 Å². The highest BCUT2D eigenvalue weighted by Gasteiger charge is 1.98. The molecule has 0 aromatic rings. The van der Waals surface area contributed by atoms with Gasteiger partial charge >= 0.3 is 0 Å². The lowest BCUT2D eigenvalue weighted by molar-refractivity contribution is -0.120. The number of ether oxygens (including phenoxy) is 1. The van der Waals surface area contributed by atoms with Gasteiger partial charge in [0.05, 0.1) is 25.8 Å². The summed E-state index contributed by atoms with van der Waals surface area (Å²) in [5.74, 6) is -0.171. The predicted molar refractivity (Wildman–Crippen MR) is 60.9 cm³/mol. The molecule has 0 bridgehead atoms. The fourth-order valence-electron chi connectivity index (χ4n) is 0.896. The number of likely N-dealkylation sites (N-methyl/N-ethyl adjacent to an activating group) is 1. The van der Waals surface area contributed by atoms with Gasteiger partial charge in [-0.2, -0.15) is 5.26 Å². The molecule has 0 atom stereocenters. The van der Waals surface area contributed by atoms with E-state index in [1.807, 2.05) is 25.1 Å². The summed E-state index contributed by atoms with van der Waals surface area (Å²) in [4.78, 5) is 13.1. The van der Waals surface area contributed by atoms with E-state index in [0.29, 0.717) is 19.8 Å². The van der Waals surface area contributed by atoms with Crippen LogP contribution in [0.1, 0.15) is 0 Å². The van der Waals surface area contributed by atoms with Crippen LogP contribution in [0.15, 0.2) is 0 Å². The van der Waals surface area contributed by atoms with Crippen molar-refractivity contribution in [2.75, 3.05) is 53.5 Å². The lowest BCUT2D eigenvalue weighted by atomic mass is 10.5. The van der Waals surface area contributed by atoms with E-state index in [-0.39, 0.29) is 19.0 Å². The molecule has 6 heteroatoms. The summed E-state index contributed by atoms with van der Waals surface area (Å²) in [7, 11) is 3.97. The topological polar surface area (TPSA) is 77.4 Å². The van der Waals surface area contributed by atoms with Crippen molar-refractivity contribution in [2.45, 2.75) is 0 Å². The molecule has 0 aliphatic carbocycles. The summed E-state index contributed by atoms with van der Waals surface area (Å²) in [5, 5.41) is 13.6. The Morgan fingerprint density at radius 2 is 2.19 bits per heavy atom. The summed E-state index contributed by atoms with van der Waals surface area (Å²) in [6.45, 7) is 3.07. The molecule has 0 aliphatic rings. The van der Waals surface area contributed by atoms with Crippen molar-refractivity contribution in [1.82, 2.24) is 15.5 Å². The Morgan fingerprint density at radius 3 is 2.81 bits per heavy atom. The van der Waals surface area contributed by atoms with Crippen LogP contribution in [0.2, 0.25) is 0 Å². The number of rotatable bonds is 9. The highest BCUT2D eigenvalue weighted by atomic mass is 16.5. The van der Waals surface area contributed by atoms with Gasteiger partial charge in [-0.25, -0.2) is 0 Å². The van der Waals surface area contributed by atoms with Crippen molar-refractivity contribution < 1.29 is 9.53 Å². The van der Waals surface area contributed by atoms with Crippen LogP contribution in [0.25, 0.3) is 0 Å². The van der Waals surface area contributed by atoms with Crippen LogP contribution in [-0.4, -0.2) is 64.3 Å². The molecule has 0 saturated carbocycles. The third kappa shape index (κ3) is 10.9.